The van der Waals surface area contributed by atoms with E-state index in [1.165, 1.54) is 30.3 Å². The molecule has 7 nitrogen and oxygen atoms in total. The number of nitrogens with zero attached hydrogens (tertiary/aromatic N) is 1. The van der Waals surface area contributed by atoms with Crippen molar-refractivity contribution < 1.29 is 23.6 Å². The summed E-state index contributed by atoms with van der Waals surface area (Å²) < 4.78 is 17.8. The Balaban J connectivity index is 1.98. The third-order valence-electron chi connectivity index (χ3n) is 3.78. The first kappa shape index (κ1) is 19.8. The second-order valence-electron chi connectivity index (χ2n) is 5.70. The van der Waals surface area contributed by atoms with Crippen LogP contribution >= 0.6 is 0 Å². The van der Waals surface area contributed by atoms with E-state index in [0.717, 1.165) is 11.6 Å². The first-order chi connectivity index (χ1) is 12.8. The lowest BCUT2D eigenvalue weighted by Crippen LogP contribution is -2.21. The van der Waals surface area contributed by atoms with Gasteiger partial charge in [0.25, 0.3) is 11.6 Å². The summed E-state index contributed by atoms with van der Waals surface area (Å²) in [6.45, 7) is 2.79. The molecule has 0 bridgehead atoms. The Morgan fingerprint density at radius 2 is 2.00 bits per heavy atom. The molecule has 2 aromatic carbocycles. The van der Waals surface area contributed by atoms with Crippen molar-refractivity contribution in [3.05, 3.63) is 75.1 Å². The van der Waals surface area contributed by atoms with E-state index in [0.29, 0.717) is 11.1 Å². The Morgan fingerprint density at radius 3 is 2.67 bits per heavy atom. The third-order valence-corrected chi connectivity index (χ3v) is 3.78. The van der Waals surface area contributed by atoms with Gasteiger partial charge in [-0.05, 0) is 48.7 Å². The number of esters is 1. The minimum atomic E-state index is -0.801. The van der Waals surface area contributed by atoms with Gasteiger partial charge in [0.2, 0.25) is 0 Å². The molecule has 0 aliphatic rings. The van der Waals surface area contributed by atoms with Gasteiger partial charge in [-0.25, -0.2) is 9.18 Å². The fraction of sp³-hybridized carbons (Fsp3) is 0.158. The molecule has 1 amide bonds. The molecule has 0 aromatic heterocycles. The van der Waals surface area contributed by atoms with Crippen LogP contribution in [0.2, 0.25) is 0 Å². The zero-order valence-electron chi connectivity index (χ0n) is 14.7. The molecular formula is C19H17FN2O5. The highest BCUT2D eigenvalue weighted by molar-refractivity contribution is 5.97. The molecule has 0 spiro atoms. The zero-order valence-corrected chi connectivity index (χ0v) is 14.7. The van der Waals surface area contributed by atoms with Crippen molar-refractivity contribution in [3.63, 3.8) is 0 Å². The van der Waals surface area contributed by atoms with Crippen LogP contribution in [0.25, 0.3) is 6.08 Å². The number of nitrogens with one attached hydrogen (secondary N) is 1. The van der Waals surface area contributed by atoms with E-state index in [1.54, 1.807) is 26.0 Å². The number of hydrogen-bond donors (Lipinski definition) is 1. The number of nitro benzene ring substituents is 1. The van der Waals surface area contributed by atoms with Crippen molar-refractivity contribution in [1.29, 1.82) is 0 Å². The van der Waals surface area contributed by atoms with Gasteiger partial charge in [-0.3, -0.25) is 14.9 Å². The summed E-state index contributed by atoms with van der Waals surface area (Å²) in [5.41, 5.74) is 1.60. The van der Waals surface area contributed by atoms with Gasteiger partial charge in [-0.2, -0.15) is 0 Å². The van der Waals surface area contributed by atoms with E-state index in [-0.39, 0.29) is 11.4 Å². The van der Waals surface area contributed by atoms with Crippen molar-refractivity contribution in [2.75, 3.05) is 11.9 Å². The Kier molecular flexibility index (Phi) is 6.37. The summed E-state index contributed by atoms with van der Waals surface area (Å²) in [6.07, 6.45) is 2.40. The molecule has 1 N–H and O–H groups in total. The number of hydrogen-bond acceptors (Lipinski definition) is 5. The number of aryl methyl sites for hydroxylation is 1. The molecule has 0 aliphatic heterocycles. The molecule has 140 valence electrons. The van der Waals surface area contributed by atoms with Gasteiger partial charge in [0.15, 0.2) is 6.61 Å². The van der Waals surface area contributed by atoms with Crippen LogP contribution in [-0.4, -0.2) is 23.4 Å². The quantitative estimate of drug-likeness (QED) is 0.362. The van der Waals surface area contributed by atoms with Crippen LogP contribution in [0.15, 0.2) is 42.5 Å². The predicted octanol–water partition coefficient (Wildman–Crippen LogP) is 3.55. The number of nitro groups is 1. The normalized spacial score (nSPS) is 10.6. The molecule has 8 heteroatoms. The molecular weight excluding hydrogens is 355 g/mol. The van der Waals surface area contributed by atoms with E-state index in [9.17, 15) is 24.1 Å². The minimum Gasteiger partial charge on any atom is -0.452 e. The fourth-order valence-electron chi connectivity index (χ4n) is 2.25. The molecule has 2 rings (SSSR count). The topological polar surface area (TPSA) is 98.5 Å². The van der Waals surface area contributed by atoms with Crippen LogP contribution in [0.3, 0.4) is 0 Å². The number of carbonyl (C=O) groups excluding carboxylic acids is 2. The molecule has 0 unspecified atom stereocenters. The molecule has 0 fully saturated rings. The van der Waals surface area contributed by atoms with Gasteiger partial charge >= 0.3 is 5.97 Å². The summed E-state index contributed by atoms with van der Waals surface area (Å²) in [5.74, 6) is -1.95. The number of benzene rings is 2. The average molecular weight is 372 g/mol. The van der Waals surface area contributed by atoms with Crippen LogP contribution < -0.4 is 5.32 Å². The van der Waals surface area contributed by atoms with Crippen LogP contribution in [0.1, 0.15) is 16.7 Å². The Labute approximate surface area is 154 Å². The molecule has 2 aromatic rings. The SMILES string of the molecule is Cc1ccc([N+](=O)[O-])c(NC(=O)COC(=O)/C=C/c2cccc(F)c2)c1C. The molecule has 0 aliphatic carbocycles. The van der Waals surface area contributed by atoms with E-state index < -0.39 is 29.2 Å². The van der Waals surface area contributed by atoms with Crippen LogP contribution in [-0.2, 0) is 14.3 Å². The smallest absolute Gasteiger partial charge is 0.331 e. The highest BCUT2D eigenvalue weighted by atomic mass is 19.1. The fourth-order valence-corrected chi connectivity index (χ4v) is 2.25. The van der Waals surface area contributed by atoms with Gasteiger partial charge in [-0.1, -0.05) is 18.2 Å². The van der Waals surface area contributed by atoms with Gasteiger partial charge < -0.3 is 10.1 Å². The van der Waals surface area contributed by atoms with Crippen LogP contribution in [0, 0.1) is 29.8 Å². The number of carbonyl (C=O) groups is 2. The van der Waals surface area contributed by atoms with Crippen LogP contribution in [0.5, 0.6) is 0 Å². The summed E-state index contributed by atoms with van der Waals surface area (Å²) >= 11 is 0. The summed E-state index contributed by atoms with van der Waals surface area (Å²) in [6, 6.07) is 8.47. The minimum absolute atomic E-state index is 0.0661. The number of anilines is 1. The van der Waals surface area contributed by atoms with E-state index in [1.807, 2.05) is 0 Å². The van der Waals surface area contributed by atoms with Gasteiger partial charge in [-0.15, -0.1) is 0 Å². The Morgan fingerprint density at radius 1 is 1.26 bits per heavy atom. The molecule has 0 saturated carbocycles. The molecule has 0 atom stereocenters. The molecule has 0 saturated heterocycles. The Bertz CT molecular complexity index is 924. The van der Waals surface area contributed by atoms with Crippen molar-refractivity contribution in [3.8, 4) is 0 Å². The molecule has 0 heterocycles. The largest absolute Gasteiger partial charge is 0.452 e. The number of ether oxygens (including phenoxy) is 1. The second kappa shape index (κ2) is 8.70. The number of rotatable bonds is 6. The van der Waals surface area contributed by atoms with Gasteiger partial charge in [0, 0.05) is 12.1 Å². The zero-order chi connectivity index (χ0) is 20.0. The third kappa shape index (κ3) is 5.46. The lowest BCUT2D eigenvalue weighted by atomic mass is 10.1. The molecule has 27 heavy (non-hydrogen) atoms. The number of amides is 1. The number of halogens is 1. The standard InChI is InChI=1S/C19H17FN2O5/c1-12-6-8-16(22(25)26)19(13(12)2)21-17(23)11-27-18(24)9-7-14-4-3-5-15(20)10-14/h3-10H,11H2,1-2H3,(H,21,23)/b9-7+. The van der Waals surface area contributed by atoms with Crippen molar-refractivity contribution in [2.24, 2.45) is 0 Å². The Hall–Kier alpha value is -3.55. The second-order valence-corrected chi connectivity index (χ2v) is 5.70. The highest BCUT2D eigenvalue weighted by Gasteiger charge is 2.19. The lowest BCUT2D eigenvalue weighted by Gasteiger charge is -2.11. The average Bonchev–Trinajstić information content (AvgIpc) is 2.62. The van der Waals surface area contributed by atoms with E-state index in [2.05, 4.69) is 5.32 Å². The predicted molar refractivity (Wildman–Crippen MR) is 97.6 cm³/mol. The summed E-state index contributed by atoms with van der Waals surface area (Å²) in [7, 11) is 0. The van der Waals surface area contributed by atoms with E-state index in [4.69, 9.17) is 4.74 Å². The first-order valence-corrected chi connectivity index (χ1v) is 7.93. The van der Waals surface area contributed by atoms with Crippen molar-refractivity contribution in [2.45, 2.75) is 13.8 Å². The van der Waals surface area contributed by atoms with E-state index >= 15 is 0 Å². The maximum Gasteiger partial charge on any atom is 0.331 e. The lowest BCUT2D eigenvalue weighted by molar-refractivity contribution is -0.384. The maximum atomic E-state index is 13.1. The highest BCUT2D eigenvalue weighted by Crippen LogP contribution is 2.30. The monoisotopic (exact) mass is 372 g/mol. The van der Waals surface area contributed by atoms with Crippen LogP contribution in [0.4, 0.5) is 15.8 Å². The van der Waals surface area contributed by atoms with Crippen molar-refractivity contribution >= 4 is 29.3 Å². The summed E-state index contributed by atoms with van der Waals surface area (Å²) in [5, 5.41) is 13.5. The van der Waals surface area contributed by atoms with Gasteiger partial charge in [0.05, 0.1) is 4.92 Å². The van der Waals surface area contributed by atoms with Gasteiger partial charge in [0.1, 0.15) is 11.5 Å². The maximum absolute atomic E-state index is 13.1. The first-order valence-electron chi connectivity index (χ1n) is 7.93. The molecule has 0 radical (unpaired) electrons. The van der Waals surface area contributed by atoms with Crippen molar-refractivity contribution in [1.82, 2.24) is 0 Å². The summed E-state index contributed by atoms with van der Waals surface area (Å²) in [4.78, 5) is 34.2.